The molecule has 1 atom stereocenters. The van der Waals surface area contributed by atoms with E-state index in [0.717, 1.165) is 29.4 Å². The van der Waals surface area contributed by atoms with Crippen molar-refractivity contribution in [1.82, 2.24) is 9.47 Å². The third-order valence-electron chi connectivity index (χ3n) is 4.01. The smallest absolute Gasteiger partial charge is 0.272 e. The van der Waals surface area contributed by atoms with E-state index >= 15 is 0 Å². The molecule has 1 saturated heterocycles. The molecule has 4 rings (SSSR count). The van der Waals surface area contributed by atoms with Crippen LogP contribution >= 0.6 is 15.9 Å². The number of hydrogen-bond donors (Lipinski definition) is 0. The van der Waals surface area contributed by atoms with E-state index in [2.05, 4.69) is 15.9 Å². The molecule has 2 aliphatic rings. The Morgan fingerprint density at radius 2 is 2.05 bits per heavy atom. The summed E-state index contributed by atoms with van der Waals surface area (Å²) in [5, 5.41) is 0.666. The van der Waals surface area contributed by atoms with Gasteiger partial charge in [0, 0.05) is 22.5 Å². The van der Waals surface area contributed by atoms with Gasteiger partial charge in [0.25, 0.3) is 5.91 Å². The number of carbonyl (C=O) groups is 1. The predicted molar refractivity (Wildman–Crippen MR) is 75.2 cm³/mol. The third-order valence-corrected chi connectivity index (χ3v) is 4.50. The number of carbonyl (C=O) groups excluding carboxylic acids is 1. The van der Waals surface area contributed by atoms with Gasteiger partial charge in [-0.25, -0.2) is 0 Å². The van der Waals surface area contributed by atoms with Crippen LogP contribution in [0.3, 0.4) is 0 Å². The highest BCUT2D eigenvalue weighted by molar-refractivity contribution is 9.10. The SMILES string of the molecule is O=C1c2cc(=O)c3cc(Br)ccc3n2C2CCCN12. The van der Waals surface area contributed by atoms with Crippen LogP contribution in [0.1, 0.15) is 29.5 Å². The highest BCUT2D eigenvalue weighted by Crippen LogP contribution is 2.37. The standard InChI is InChI=1S/C14H11BrN2O2/c15-8-3-4-10-9(6-8)12(18)7-11-14(19)16-5-1-2-13(16)17(10)11/h3-4,6-7,13H,1-2,5H2. The summed E-state index contributed by atoms with van der Waals surface area (Å²) in [6, 6.07) is 7.14. The van der Waals surface area contributed by atoms with Crippen LogP contribution < -0.4 is 5.43 Å². The van der Waals surface area contributed by atoms with E-state index in [1.165, 1.54) is 6.07 Å². The Labute approximate surface area is 117 Å². The average Bonchev–Trinajstić information content (AvgIpc) is 2.95. The Hall–Kier alpha value is -1.62. The fourth-order valence-corrected chi connectivity index (χ4v) is 3.57. The maximum atomic E-state index is 12.3. The molecule has 0 N–H and O–H groups in total. The molecule has 1 amide bonds. The van der Waals surface area contributed by atoms with Crippen molar-refractivity contribution in [2.45, 2.75) is 19.0 Å². The number of benzene rings is 1. The fourth-order valence-electron chi connectivity index (χ4n) is 3.20. The molecule has 2 aliphatic heterocycles. The van der Waals surface area contributed by atoms with Crippen LogP contribution in [0, 0.1) is 0 Å². The molecule has 1 unspecified atom stereocenters. The summed E-state index contributed by atoms with van der Waals surface area (Å²) in [6.45, 7) is 0.789. The van der Waals surface area contributed by atoms with Crippen LogP contribution in [-0.2, 0) is 0 Å². The number of pyridine rings is 1. The number of rotatable bonds is 0. The van der Waals surface area contributed by atoms with E-state index in [0.29, 0.717) is 11.1 Å². The van der Waals surface area contributed by atoms with Gasteiger partial charge in [-0.15, -0.1) is 0 Å². The van der Waals surface area contributed by atoms with Crippen molar-refractivity contribution in [2.24, 2.45) is 0 Å². The molecule has 5 heteroatoms. The Bertz CT molecular complexity index is 781. The minimum atomic E-state index is -0.0860. The minimum Gasteiger partial charge on any atom is -0.317 e. The summed E-state index contributed by atoms with van der Waals surface area (Å²) in [5.74, 6) is -0.00980. The normalized spacial score (nSPS) is 21.0. The van der Waals surface area contributed by atoms with Crippen LogP contribution in [0.5, 0.6) is 0 Å². The van der Waals surface area contributed by atoms with Gasteiger partial charge in [-0.05, 0) is 31.0 Å². The van der Waals surface area contributed by atoms with Crippen molar-refractivity contribution in [3.05, 3.63) is 44.7 Å². The Balaban J connectivity index is 2.13. The number of nitrogens with zero attached hydrogens (tertiary/aromatic N) is 2. The van der Waals surface area contributed by atoms with Gasteiger partial charge >= 0.3 is 0 Å². The number of aromatic nitrogens is 1. The largest absolute Gasteiger partial charge is 0.317 e. The summed E-state index contributed by atoms with van der Waals surface area (Å²) < 4.78 is 2.91. The van der Waals surface area contributed by atoms with Crippen LogP contribution in [0.25, 0.3) is 10.9 Å². The average molecular weight is 319 g/mol. The van der Waals surface area contributed by atoms with Crippen molar-refractivity contribution in [3.8, 4) is 0 Å². The Morgan fingerprint density at radius 3 is 2.89 bits per heavy atom. The van der Waals surface area contributed by atoms with E-state index in [1.807, 2.05) is 27.7 Å². The summed E-state index contributed by atoms with van der Waals surface area (Å²) >= 11 is 3.39. The van der Waals surface area contributed by atoms with Gasteiger partial charge in [0.05, 0.1) is 5.52 Å². The molecule has 0 saturated carbocycles. The van der Waals surface area contributed by atoms with Crippen molar-refractivity contribution >= 4 is 32.7 Å². The molecule has 0 radical (unpaired) electrons. The molecule has 3 heterocycles. The zero-order valence-electron chi connectivity index (χ0n) is 10.1. The molecular formula is C14H11BrN2O2. The summed E-state index contributed by atoms with van der Waals surface area (Å²) in [6.07, 6.45) is 2.08. The third kappa shape index (κ3) is 1.39. The zero-order valence-corrected chi connectivity index (χ0v) is 11.7. The van der Waals surface area contributed by atoms with Crippen molar-refractivity contribution in [3.63, 3.8) is 0 Å². The second kappa shape index (κ2) is 3.70. The first kappa shape index (κ1) is 11.2. The van der Waals surface area contributed by atoms with Gasteiger partial charge in [-0.3, -0.25) is 9.59 Å². The topological polar surface area (TPSA) is 42.3 Å². The van der Waals surface area contributed by atoms with Crippen LogP contribution in [0.15, 0.2) is 33.5 Å². The van der Waals surface area contributed by atoms with Gasteiger partial charge in [0.1, 0.15) is 11.9 Å². The number of amides is 1. The lowest BCUT2D eigenvalue weighted by Gasteiger charge is -2.18. The number of hydrogen-bond acceptors (Lipinski definition) is 2. The number of fused-ring (bicyclic) bond motifs is 5. The highest BCUT2D eigenvalue weighted by atomic mass is 79.9. The van der Waals surface area contributed by atoms with E-state index < -0.39 is 0 Å². The molecule has 0 aliphatic carbocycles. The number of halogens is 1. The molecule has 4 nitrogen and oxygen atoms in total. The quantitative estimate of drug-likeness (QED) is 0.749. The first-order valence-corrected chi connectivity index (χ1v) is 7.12. The van der Waals surface area contributed by atoms with Crippen LogP contribution in [0.4, 0.5) is 0 Å². The maximum absolute atomic E-state index is 12.3. The summed E-state index contributed by atoms with van der Waals surface area (Å²) in [4.78, 5) is 26.3. The summed E-state index contributed by atoms with van der Waals surface area (Å²) in [7, 11) is 0. The monoisotopic (exact) mass is 318 g/mol. The highest BCUT2D eigenvalue weighted by Gasteiger charge is 2.40. The lowest BCUT2D eigenvalue weighted by molar-refractivity contribution is 0.0763. The van der Waals surface area contributed by atoms with Gasteiger partial charge in [0.15, 0.2) is 5.43 Å². The second-order valence-corrected chi connectivity index (χ2v) is 5.96. The molecule has 1 aromatic carbocycles. The summed E-state index contributed by atoms with van der Waals surface area (Å²) in [5.41, 5.74) is 1.30. The van der Waals surface area contributed by atoms with E-state index in [1.54, 1.807) is 0 Å². The minimum absolute atomic E-state index is 0.00980. The molecule has 2 aromatic rings. The lowest BCUT2D eigenvalue weighted by atomic mass is 10.1. The molecule has 0 spiro atoms. The second-order valence-electron chi connectivity index (χ2n) is 5.05. The predicted octanol–water partition coefficient (Wildman–Crippen LogP) is 2.51. The van der Waals surface area contributed by atoms with E-state index in [4.69, 9.17) is 0 Å². The zero-order chi connectivity index (χ0) is 13.1. The molecule has 96 valence electrons. The molecular weight excluding hydrogens is 308 g/mol. The van der Waals surface area contributed by atoms with Crippen LogP contribution in [0.2, 0.25) is 0 Å². The van der Waals surface area contributed by atoms with Gasteiger partial charge in [-0.1, -0.05) is 15.9 Å². The van der Waals surface area contributed by atoms with Crippen molar-refractivity contribution < 1.29 is 4.79 Å². The van der Waals surface area contributed by atoms with E-state index in [9.17, 15) is 9.59 Å². The van der Waals surface area contributed by atoms with Gasteiger partial charge < -0.3 is 9.47 Å². The lowest BCUT2D eigenvalue weighted by Crippen LogP contribution is -2.23. The van der Waals surface area contributed by atoms with Crippen molar-refractivity contribution in [1.29, 1.82) is 0 Å². The fraction of sp³-hybridized carbons (Fsp3) is 0.286. The molecule has 1 aromatic heterocycles. The Morgan fingerprint density at radius 1 is 1.21 bits per heavy atom. The first-order chi connectivity index (χ1) is 9.16. The van der Waals surface area contributed by atoms with Crippen molar-refractivity contribution in [2.75, 3.05) is 6.54 Å². The molecule has 0 bridgehead atoms. The Kier molecular flexibility index (Phi) is 2.18. The van der Waals surface area contributed by atoms with Gasteiger partial charge in [0.2, 0.25) is 0 Å². The maximum Gasteiger partial charge on any atom is 0.272 e. The molecule has 1 fully saturated rings. The first-order valence-electron chi connectivity index (χ1n) is 6.32. The van der Waals surface area contributed by atoms with Crippen LogP contribution in [-0.4, -0.2) is 21.9 Å². The van der Waals surface area contributed by atoms with E-state index in [-0.39, 0.29) is 17.5 Å². The van der Waals surface area contributed by atoms with Gasteiger partial charge in [-0.2, -0.15) is 0 Å². The molecule has 19 heavy (non-hydrogen) atoms.